The molecule has 0 heterocycles. The molecule has 1 atom stereocenters. The second-order valence-electron chi connectivity index (χ2n) is 4.76. The zero-order valence-corrected chi connectivity index (χ0v) is 13.9. The molecule has 5 heteroatoms. The smallest absolute Gasteiger partial charge is 0.333 e. The van der Waals surface area contributed by atoms with E-state index in [-0.39, 0.29) is 0 Å². The fourth-order valence-electron chi connectivity index (χ4n) is 2.05. The molecular weight excluding hydrogens is 381 g/mol. The van der Waals surface area contributed by atoms with Crippen LogP contribution in [0.4, 0.5) is 5.69 Å². The van der Waals surface area contributed by atoms with Gasteiger partial charge in [-0.2, -0.15) is 0 Å². The van der Waals surface area contributed by atoms with Crippen molar-refractivity contribution in [2.75, 3.05) is 12.4 Å². The van der Waals surface area contributed by atoms with Gasteiger partial charge >= 0.3 is 5.97 Å². The molecule has 2 N–H and O–H groups in total. The molecule has 21 heavy (non-hydrogen) atoms. The quantitative estimate of drug-likeness (QED) is 0.756. The van der Waals surface area contributed by atoms with Gasteiger partial charge in [0, 0.05) is 3.57 Å². The van der Waals surface area contributed by atoms with E-state index in [0.29, 0.717) is 17.0 Å². The van der Waals surface area contributed by atoms with Gasteiger partial charge in [0.1, 0.15) is 5.75 Å². The summed E-state index contributed by atoms with van der Waals surface area (Å²) >= 11 is 2.19. The Hall–Kier alpha value is -1.76. The van der Waals surface area contributed by atoms with Gasteiger partial charge in [0.15, 0.2) is 5.54 Å². The SMILES string of the molecule is COc1ccccc1NC(C)(C(=O)O)c1ccc(I)cc1. The zero-order valence-electron chi connectivity index (χ0n) is 11.8. The van der Waals surface area contributed by atoms with Crippen molar-refractivity contribution in [3.63, 3.8) is 0 Å². The zero-order chi connectivity index (χ0) is 15.5. The van der Waals surface area contributed by atoms with E-state index in [1.165, 1.54) is 0 Å². The molecule has 0 saturated heterocycles. The van der Waals surface area contributed by atoms with Crippen LogP contribution in [0.25, 0.3) is 0 Å². The van der Waals surface area contributed by atoms with Crippen molar-refractivity contribution in [1.29, 1.82) is 0 Å². The summed E-state index contributed by atoms with van der Waals surface area (Å²) in [7, 11) is 1.56. The van der Waals surface area contributed by atoms with Gasteiger partial charge < -0.3 is 15.2 Å². The van der Waals surface area contributed by atoms with Crippen molar-refractivity contribution >= 4 is 34.2 Å². The van der Waals surface area contributed by atoms with Crippen LogP contribution in [-0.2, 0) is 10.3 Å². The Labute approximate surface area is 137 Å². The maximum Gasteiger partial charge on any atom is 0.333 e. The van der Waals surface area contributed by atoms with Crippen LogP contribution >= 0.6 is 22.6 Å². The number of methoxy groups -OCH3 is 1. The van der Waals surface area contributed by atoms with E-state index >= 15 is 0 Å². The molecule has 0 aliphatic heterocycles. The molecule has 0 radical (unpaired) electrons. The number of aliphatic carboxylic acids is 1. The van der Waals surface area contributed by atoms with E-state index in [4.69, 9.17) is 4.74 Å². The van der Waals surface area contributed by atoms with Gasteiger partial charge in [-0.25, -0.2) is 4.79 Å². The number of benzene rings is 2. The lowest BCUT2D eigenvalue weighted by atomic mass is 9.91. The maximum atomic E-state index is 11.8. The van der Waals surface area contributed by atoms with Crippen LogP contribution in [0.3, 0.4) is 0 Å². The fraction of sp³-hybridized carbons (Fsp3) is 0.188. The van der Waals surface area contributed by atoms with Crippen LogP contribution in [0.15, 0.2) is 48.5 Å². The number of hydrogen-bond acceptors (Lipinski definition) is 3. The number of carboxylic acid groups (broad SMARTS) is 1. The number of nitrogens with one attached hydrogen (secondary N) is 1. The third-order valence-corrected chi connectivity index (χ3v) is 4.06. The van der Waals surface area contributed by atoms with Gasteiger partial charge in [-0.15, -0.1) is 0 Å². The van der Waals surface area contributed by atoms with Gasteiger partial charge in [0.05, 0.1) is 12.8 Å². The van der Waals surface area contributed by atoms with Crippen LogP contribution in [0, 0.1) is 3.57 Å². The van der Waals surface area contributed by atoms with Crippen molar-refractivity contribution in [2.24, 2.45) is 0 Å². The molecule has 0 spiro atoms. The molecule has 0 aromatic heterocycles. The molecule has 1 unspecified atom stereocenters. The number of anilines is 1. The Morgan fingerprint density at radius 3 is 2.38 bits per heavy atom. The number of carboxylic acids is 1. The normalized spacial score (nSPS) is 13.3. The Morgan fingerprint density at radius 1 is 1.19 bits per heavy atom. The van der Waals surface area contributed by atoms with E-state index in [0.717, 1.165) is 3.57 Å². The number of carbonyl (C=O) groups is 1. The fourth-order valence-corrected chi connectivity index (χ4v) is 2.41. The third kappa shape index (κ3) is 3.29. The summed E-state index contributed by atoms with van der Waals surface area (Å²) in [4.78, 5) is 11.8. The van der Waals surface area contributed by atoms with Crippen molar-refractivity contribution < 1.29 is 14.6 Å². The molecule has 0 aliphatic carbocycles. The average molecular weight is 397 g/mol. The van der Waals surface area contributed by atoms with Gasteiger partial charge in [-0.1, -0.05) is 24.3 Å². The Balaban J connectivity index is 2.43. The van der Waals surface area contributed by atoms with E-state index < -0.39 is 11.5 Å². The number of hydrogen-bond donors (Lipinski definition) is 2. The summed E-state index contributed by atoms with van der Waals surface area (Å²) in [6.07, 6.45) is 0. The lowest BCUT2D eigenvalue weighted by Gasteiger charge is -2.28. The highest BCUT2D eigenvalue weighted by Gasteiger charge is 2.35. The summed E-state index contributed by atoms with van der Waals surface area (Å²) in [5.41, 5.74) is 0.0867. The first-order valence-corrected chi connectivity index (χ1v) is 7.46. The molecule has 0 amide bonds. The number of rotatable bonds is 5. The average Bonchev–Trinajstić information content (AvgIpc) is 2.48. The number of ether oxygens (including phenoxy) is 1. The molecule has 2 rings (SSSR count). The molecular formula is C16H16INO3. The largest absolute Gasteiger partial charge is 0.495 e. The van der Waals surface area contributed by atoms with E-state index in [9.17, 15) is 9.90 Å². The van der Waals surface area contributed by atoms with Crippen LogP contribution in [0.5, 0.6) is 5.75 Å². The minimum Gasteiger partial charge on any atom is -0.495 e. The lowest BCUT2D eigenvalue weighted by Crippen LogP contribution is -2.40. The van der Waals surface area contributed by atoms with Gasteiger partial charge in [-0.05, 0) is 59.3 Å². The number of para-hydroxylation sites is 2. The van der Waals surface area contributed by atoms with Crippen LogP contribution in [0.2, 0.25) is 0 Å². The minimum absolute atomic E-state index is 0.607. The second kappa shape index (κ2) is 6.34. The molecule has 2 aromatic carbocycles. The van der Waals surface area contributed by atoms with Crippen LogP contribution in [0.1, 0.15) is 12.5 Å². The highest BCUT2D eigenvalue weighted by atomic mass is 127. The van der Waals surface area contributed by atoms with Crippen molar-refractivity contribution in [3.05, 3.63) is 57.7 Å². The molecule has 4 nitrogen and oxygen atoms in total. The first-order valence-electron chi connectivity index (χ1n) is 6.38. The lowest BCUT2D eigenvalue weighted by molar-refractivity contribution is -0.142. The maximum absolute atomic E-state index is 11.8. The standard InChI is InChI=1S/C16H16INO3/c1-16(15(19)20,11-7-9-12(17)10-8-11)18-13-5-3-4-6-14(13)21-2/h3-10,18H,1-2H3,(H,19,20). The highest BCUT2D eigenvalue weighted by molar-refractivity contribution is 14.1. The molecule has 2 aromatic rings. The molecule has 0 saturated carbocycles. The van der Waals surface area contributed by atoms with Crippen molar-refractivity contribution in [2.45, 2.75) is 12.5 Å². The van der Waals surface area contributed by atoms with Gasteiger partial charge in [0.25, 0.3) is 0 Å². The van der Waals surface area contributed by atoms with Crippen LogP contribution in [-0.4, -0.2) is 18.2 Å². The summed E-state index contributed by atoms with van der Waals surface area (Å²) in [5.74, 6) is -0.342. The first-order chi connectivity index (χ1) is 9.97. The molecule has 110 valence electrons. The first kappa shape index (κ1) is 15.6. The van der Waals surface area contributed by atoms with Gasteiger partial charge in [-0.3, -0.25) is 0 Å². The molecule has 0 aliphatic rings. The minimum atomic E-state index is -1.24. The van der Waals surface area contributed by atoms with Gasteiger partial charge in [0.2, 0.25) is 0 Å². The predicted octanol–water partition coefficient (Wildman–Crippen LogP) is 3.71. The van der Waals surface area contributed by atoms with E-state index in [1.54, 1.807) is 26.2 Å². The Morgan fingerprint density at radius 2 is 1.81 bits per heavy atom. The number of halogens is 1. The van der Waals surface area contributed by atoms with Crippen LogP contribution < -0.4 is 10.1 Å². The summed E-state index contributed by atoms with van der Waals surface area (Å²) in [6.45, 7) is 1.64. The Kier molecular flexibility index (Phi) is 4.72. The summed E-state index contributed by atoms with van der Waals surface area (Å²) in [5, 5.41) is 12.8. The highest BCUT2D eigenvalue weighted by Crippen LogP contribution is 2.32. The summed E-state index contributed by atoms with van der Waals surface area (Å²) < 4.78 is 6.33. The summed E-state index contributed by atoms with van der Waals surface area (Å²) in [6, 6.07) is 14.7. The van der Waals surface area contributed by atoms with E-state index in [1.807, 2.05) is 36.4 Å². The Bertz CT molecular complexity index is 642. The molecule has 0 bridgehead atoms. The third-order valence-electron chi connectivity index (χ3n) is 3.34. The second-order valence-corrected chi connectivity index (χ2v) is 6.01. The van der Waals surface area contributed by atoms with Crippen molar-refractivity contribution in [3.8, 4) is 5.75 Å². The predicted molar refractivity (Wildman–Crippen MR) is 90.8 cm³/mol. The topological polar surface area (TPSA) is 58.6 Å². The molecule has 0 fully saturated rings. The van der Waals surface area contributed by atoms with Crippen molar-refractivity contribution in [1.82, 2.24) is 0 Å². The monoisotopic (exact) mass is 397 g/mol. The van der Waals surface area contributed by atoms with E-state index in [2.05, 4.69) is 27.9 Å².